The third kappa shape index (κ3) is 8.48. The molecule has 0 radical (unpaired) electrons. The fourth-order valence-corrected chi connectivity index (χ4v) is 10.8. The molecule has 0 aromatic heterocycles. The number of piperidine rings is 1. The number of hydrogen-bond donors (Lipinski definition) is 1. The molecule has 13 heteroatoms. The number of halogens is 3. The molecule has 4 heterocycles. The number of amides is 1. The Morgan fingerprint density at radius 1 is 1.02 bits per heavy atom. The van der Waals surface area contributed by atoms with Crippen LogP contribution in [-0.2, 0) is 27.8 Å². The molecule has 54 heavy (non-hydrogen) atoms. The summed E-state index contributed by atoms with van der Waals surface area (Å²) < 4.78 is 71.8. The first-order valence-corrected chi connectivity index (χ1v) is 21.6. The second-order valence-electron chi connectivity index (χ2n) is 16.4. The molecule has 296 valence electrons. The summed E-state index contributed by atoms with van der Waals surface area (Å²) in [5, 5.41) is -0.156. The van der Waals surface area contributed by atoms with Gasteiger partial charge in [-0.15, -0.1) is 0 Å². The molecule has 7 rings (SSSR count). The highest BCUT2D eigenvalue weighted by molar-refractivity contribution is 7.90. The predicted octanol–water partition coefficient (Wildman–Crippen LogP) is 6.93. The van der Waals surface area contributed by atoms with Gasteiger partial charge in [-0.25, -0.2) is 21.9 Å². The van der Waals surface area contributed by atoms with Gasteiger partial charge in [0.2, 0.25) is 10.0 Å². The summed E-state index contributed by atoms with van der Waals surface area (Å²) in [5.74, 6) is -2.61. The van der Waals surface area contributed by atoms with Crippen LogP contribution in [0.15, 0.2) is 48.6 Å². The summed E-state index contributed by atoms with van der Waals surface area (Å²) in [6, 6.07) is 10.9. The van der Waals surface area contributed by atoms with E-state index in [9.17, 15) is 22.0 Å². The molecule has 0 spiro atoms. The van der Waals surface area contributed by atoms with Crippen molar-refractivity contribution in [2.75, 3.05) is 57.8 Å². The van der Waals surface area contributed by atoms with E-state index < -0.39 is 32.7 Å². The second kappa shape index (κ2) is 16.0. The van der Waals surface area contributed by atoms with E-state index in [0.29, 0.717) is 56.5 Å². The van der Waals surface area contributed by atoms with Gasteiger partial charge in [-0.1, -0.05) is 36.7 Å². The average molecular weight is 789 g/mol. The summed E-state index contributed by atoms with van der Waals surface area (Å²) in [6.07, 6.45) is 9.05. The average Bonchev–Trinajstić information content (AvgIpc) is 3.14. The van der Waals surface area contributed by atoms with Gasteiger partial charge in [-0.3, -0.25) is 14.6 Å². The van der Waals surface area contributed by atoms with Crippen LogP contribution in [0.1, 0.15) is 80.3 Å². The molecule has 1 aliphatic carbocycles. The van der Waals surface area contributed by atoms with Crippen molar-refractivity contribution in [2.24, 2.45) is 17.8 Å². The lowest BCUT2D eigenvalue weighted by Gasteiger charge is -2.53. The number of methoxy groups -OCH3 is 1. The second-order valence-corrected chi connectivity index (χ2v) is 18.9. The molecule has 2 saturated heterocycles. The van der Waals surface area contributed by atoms with Crippen LogP contribution in [0.2, 0.25) is 5.02 Å². The Hall–Kier alpha value is -2.77. The quantitative estimate of drug-likeness (QED) is 0.335. The van der Waals surface area contributed by atoms with Gasteiger partial charge in [0.1, 0.15) is 18.0 Å². The van der Waals surface area contributed by atoms with Gasteiger partial charge in [0, 0.05) is 82.4 Å². The van der Waals surface area contributed by atoms with Crippen molar-refractivity contribution in [2.45, 2.75) is 94.6 Å². The number of rotatable bonds is 3. The number of fused-ring (bicyclic) bond motifs is 4. The van der Waals surface area contributed by atoms with Crippen molar-refractivity contribution in [3.05, 3.63) is 70.3 Å². The van der Waals surface area contributed by atoms with Crippen LogP contribution in [-0.4, -0.2) is 99.9 Å². The molecule has 2 aromatic carbocycles. The van der Waals surface area contributed by atoms with Crippen molar-refractivity contribution >= 4 is 33.2 Å². The number of carbonyl (C=O) groups excluding carboxylic acids is 1. The van der Waals surface area contributed by atoms with Crippen LogP contribution in [0.3, 0.4) is 0 Å². The highest BCUT2D eigenvalue weighted by atomic mass is 35.5. The third-order valence-corrected chi connectivity index (χ3v) is 15.2. The monoisotopic (exact) mass is 788 g/mol. The van der Waals surface area contributed by atoms with Crippen molar-refractivity contribution < 1.29 is 31.5 Å². The van der Waals surface area contributed by atoms with Gasteiger partial charge in [0.25, 0.3) is 11.8 Å². The fraction of sp³-hybridized carbons (Fsp3) is 0.634. The summed E-state index contributed by atoms with van der Waals surface area (Å²) in [5.41, 5.74) is 2.51. The summed E-state index contributed by atoms with van der Waals surface area (Å²) >= 11 is 6.39. The van der Waals surface area contributed by atoms with E-state index in [1.165, 1.54) is 0 Å². The summed E-state index contributed by atoms with van der Waals surface area (Å²) in [7, 11) is -2.26. The van der Waals surface area contributed by atoms with Crippen LogP contribution in [0.25, 0.3) is 0 Å². The number of aryl methyl sites for hydroxylation is 1. The van der Waals surface area contributed by atoms with Gasteiger partial charge < -0.3 is 14.4 Å². The zero-order valence-corrected chi connectivity index (χ0v) is 33.3. The first-order valence-electron chi connectivity index (χ1n) is 19.7. The lowest BCUT2D eigenvalue weighted by atomic mass is 9.63. The van der Waals surface area contributed by atoms with E-state index in [0.717, 1.165) is 62.0 Å². The third-order valence-electron chi connectivity index (χ3n) is 13.0. The number of allylic oxidation sites excluding steroid dienone is 1. The minimum atomic E-state index is -4.02. The molecule has 1 N–H and O–H groups in total. The number of anilines is 1. The van der Waals surface area contributed by atoms with Gasteiger partial charge >= 0.3 is 0 Å². The molecule has 5 aliphatic rings. The van der Waals surface area contributed by atoms with Crippen LogP contribution < -0.4 is 14.4 Å². The van der Waals surface area contributed by atoms with Crippen LogP contribution in [0.5, 0.6) is 5.75 Å². The maximum atomic E-state index is 14.6. The lowest BCUT2D eigenvalue weighted by molar-refractivity contribution is -0.119. The van der Waals surface area contributed by atoms with Gasteiger partial charge in [-0.2, -0.15) is 0 Å². The Kier molecular flexibility index (Phi) is 11.7. The number of nitrogens with one attached hydrogen (secondary N) is 1. The molecule has 2 aromatic rings. The van der Waals surface area contributed by atoms with E-state index in [2.05, 4.69) is 25.5 Å². The maximum Gasteiger partial charge on any atom is 0.264 e. The van der Waals surface area contributed by atoms with E-state index in [1.807, 2.05) is 31.2 Å². The SMILES string of the molecule is CO[C@]1(CN2CCN3CCC(F)(F)C[C@H]3C2)/C=C/C[C@H](C)[C@@H](C)S(=O)(=O)NC(=O)c2ccc3c(c2)N(CCCCc2cc(Cl)ccc2CO3)C[C@@H]2CC[C@@H]21. The number of piperazine rings is 1. The molecule has 9 nitrogen and oxygen atoms in total. The Morgan fingerprint density at radius 2 is 1.85 bits per heavy atom. The first kappa shape index (κ1) is 39.5. The van der Waals surface area contributed by atoms with Crippen molar-refractivity contribution in [3.8, 4) is 5.75 Å². The number of benzene rings is 2. The fourth-order valence-electron chi connectivity index (χ4n) is 9.32. The highest BCUT2D eigenvalue weighted by Crippen LogP contribution is 2.47. The zero-order chi connectivity index (χ0) is 38.3. The maximum absolute atomic E-state index is 14.6. The van der Waals surface area contributed by atoms with Crippen LogP contribution >= 0.6 is 11.6 Å². The Morgan fingerprint density at radius 3 is 2.63 bits per heavy atom. The number of hydrogen-bond acceptors (Lipinski definition) is 8. The highest BCUT2D eigenvalue weighted by Gasteiger charge is 2.50. The van der Waals surface area contributed by atoms with E-state index in [-0.39, 0.29) is 42.2 Å². The van der Waals surface area contributed by atoms with Crippen LogP contribution in [0, 0.1) is 17.8 Å². The number of alkyl halides is 2. The number of sulfonamides is 1. The minimum absolute atomic E-state index is 0.0819. The Balaban J connectivity index is 1.24. The molecule has 1 amide bonds. The number of carbonyl (C=O) groups is 1. The van der Waals surface area contributed by atoms with Crippen molar-refractivity contribution in [1.82, 2.24) is 14.5 Å². The summed E-state index contributed by atoms with van der Waals surface area (Å²) in [4.78, 5) is 20.4. The molecule has 1 saturated carbocycles. The Bertz CT molecular complexity index is 1830. The molecule has 0 unspecified atom stereocenters. The van der Waals surface area contributed by atoms with E-state index in [1.54, 1.807) is 32.2 Å². The van der Waals surface area contributed by atoms with Gasteiger partial charge in [0.05, 0.1) is 10.9 Å². The number of ether oxygens (including phenoxy) is 2. The van der Waals surface area contributed by atoms with Crippen molar-refractivity contribution in [1.29, 1.82) is 0 Å². The topological polar surface area (TPSA) is 91.4 Å². The van der Waals surface area contributed by atoms with Gasteiger partial charge in [0.15, 0.2) is 0 Å². The molecule has 6 atom stereocenters. The molecule has 2 bridgehead atoms. The zero-order valence-electron chi connectivity index (χ0n) is 31.7. The van der Waals surface area contributed by atoms with E-state index >= 15 is 0 Å². The largest absolute Gasteiger partial charge is 0.487 e. The summed E-state index contributed by atoms with van der Waals surface area (Å²) in [6.45, 7) is 8.32. The standard InChI is InChI=1S/C41H55ClF2N4O5S/c1-28-7-6-15-40(52-3,27-46-19-20-47-18-16-41(43,44)23-35(47)25-46)36-13-10-32(36)24-48-17-5-4-8-30-21-34(42)12-9-33(30)26-53-38-14-11-31(22-37(38)48)39(49)45-54(50,51)29(28)2/h6,9,11-12,14-15,21-22,28-29,32,35-36H,4-5,7-8,10,13,16-20,23-27H2,1-3H3,(H,45,49)/b15-6+/t28-,29+,32-,35-,36-,40-/m0/s1. The molecular weight excluding hydrogens is 734 g/mol. The molecular formula is C41H55ClF2N4O5S. The number of nitrogens with zero attached hydrogens (tertiary/aromatic N) is 3. The smallest absolute Gasteiger partial charge is 0.264 e. The minimum Gasteiger partial charge on any atom is -0.487 e. The molecule has 4 aliphatic heterocycles. The lowest BCUT2D eigenvalue weighted by Crippen LogP contribution is -2.62. The first-order chi connectivity index (χ1) is 25.8. The predicted molar refractivity (Wildman–Crippen MR) is 208 cm³/mol. The molecule has 3 fully saturated rings. The van der Waals surface area contributed by atoms with Gasteiger partial charge in [-0.05, 0) is 105 Å². The normalized spacial score (nSPS) is 32.7. The van der Waals surface area contributed by atoms with Crippen molar-refractivity contribution in [3.63, 3.8) is 0 Å². The Labute approximate surface area is 324 Å². The van der Waals surface area contributed by atoms with Crippen LogP contribution in [0.4, 0.5) is 14.5 Å². The van der Waals surface area contributed by atoms with E-state index in [4.69, 9.17) is 21.1 Å².